The maximum atomic E-state index is 11.8. The molecule has 2 unspecified atom stereocenters. The molecule has 1 aliphatic rings. The van der Waals surface area contributed by atoms with E-state index in [9.17, 15) is 13.2 Å². The van der Waals surface area contributed by atoms with Gasteiger partial charge >= 0.3 is 0 Å². The zero-order chi connectivity index (χ0) is 14.0. The van der Waals surface area contributed by atoms with Crippen molar-refractivity contribution in [2.45, 2.75) is 31.8 Å². The summed E-state index contributed by atoms with van der Waals surface area (Å²) in [6.45, 7) is 3.66. The molecule has 7 heteroatoms. The normalized spacial score (nSPS) is 24.2. The van der Waals surface area contributed by atoms with Crippen molar-refractivity contribution in [3.63, 3.8) is 0 Å². The van der Waals surface area contributed by atoms with Crippen LogP contribution in [-0.4, -0.2) is 38.7 Å². The van der Waals surface area contributed by atoms with E-state index in [0.717, 1.165) is 6.26 Å². The average Bonchev–Trinajstić information content (AvgIpc) is 2.57. The summed E-state index contributed by atoms with van der Waals surface area (Å²) >= 11 is 0. The van der Waals surface area contributed by atoms with E-state index in [1.807, 2.05) is 6.08 Å². The van der Waals surface area contributed by atoms with Crippen molar-refractivity contribution in [2.24, 2.45) is 11.7 Å². The largest absolute Gasteiger partial charge is 0.354 e. The maximum Gasteiger partial charge on any atom is 0.227 e. The zero-order valence-electron chi connectivity index (χ0n) is 10.9. The van der Waals surface area contributed by atoms with Crippen LogP contribution in [0.3, 0.4) is 0 Å². The molecule has 0 saturated carbocycles. The third-order valence-corrected chi connectivity index (χ3v) is 3.54. The van der Waals surface area contributed by atoms with Crippen LogP contribution in [0.25, 0.3) is 0 Å². The second-order valence-corrected chi connectivity index (χ2v) is 7.12. The maximum absolute atomic E-state index is 11.8. The Morgan fingerprint density at radius 2 is 2.06 bits per heavy atom. The summed E-state index contributed by atoms with van der Waals surface area (Å²) < 4.78 is 24.7. The minimum atomic E-state index is -3.29. The van der Waals surface area contributed by atoms with Gasteiger partial charge in [-0.3, -0.25) is 4.79 Å². The predicted octanol–water partition coefficient (Wildman–Crippen LogP) is -0.666. The highest BCUT2D eigenvalue weighted by Crippen LogP contribution is 2.16. The highest BCUT2D eigenvalue weighted by Gasteiger charge is 2.26. The molecule has 0 fully saturated rings. The number of carbonyl (C=O) groups excluding carboxylic acids is 1. The lowest BCUT2D eigenvalue weighted by Crippen LogP contribution is -2.51. The topological polar surface area (TPSA) is 101 Å². The average molecular weight is 275 g/mol. The molecule has 0 bridgehead atoms. The van der Waals surface area contributed by atoms with Gasteiger partial charge in [-0.15, -0.1) is 0 Å². The molecule has 2 atom stereocenters. The lowest BCUT2D eigenvalue weighted by molar-refractivity contribution is -0.123. The fraction of sp³-hybridized carbons (Fsp3) is 0.727. The van der Waals surface area contributed by atoms with Gasteiger partial charge < -0.3 is 11.1 Å². The molecule has 4 N–H and O–H groups in total. The summed E-state index contributed by atoms with van der Waals surface area (Å²) in [6.07, 6.45) is 5.29. The quantitative estimate of drug-likeness (QED) is 0.579. The molecule has 1 amide bonds. The van der Waals surface area contributed by atoms with Gasteiger partial charge in [0, 0.05) is 18.1 Å². The van der Waals surface area contributed by atoms with Crippen molar-refractivity contribution < 1.29 is 13.2 Å². The van der Waals surface area contributed by atoms with Gasteiger partial charge in [0.1, 0.15) is 0 Å². The summed E-state index contributed by atoms with van der Waals surface area (Å²) in [5.74, 6) is -0.336. The first kappa shape index (κ1) is 15.1. The van der Waals surface area contributed by atoms with Crippen LogP contribution in [0.2, 0.25) is 0 Å². The summed E-state index contributed by atoms with van der Waals surface area (Å²) in [5.41, 5.74) is 4.96. The van der Waals surface area contributed by atoms with Gasteiger partial charge in [-0.05, 0) is 20.3 Å². The fourth-order valence-corrected chi connectivity index (χ4v) is 2.97. The number of rotatable bonds is 5. The molecule has 0 aliphatic heterocycles. The Balaban J connectivity index is 2.45. The van der Waals surface area contributed by atoms with Gasteiger partial charge in [-0.25, -0.2) is 13.1 Å². The van der Waals surface area contributed by atoms with Crippen LogP contribution in [-0.2, 0) is 14.8 Å². The van der Waals surface area contributed by atoms with Crippen molar-refractivity contribution in [1.82, 2.24) is 10.0 Å². The van der Waals surface area contributed by atoms with Crippen LogP contribution in [0.15, 0.2) is 12.2 Å². The smallest absolute Gasteiger partial charge is 0.227 e. The third-order valence-electron chi connectivity index (χ3n) is 2.62. The minimum absolute atomic E-state index is 0.0668. The Morgan fingerprint density at radius 1 is 1.44 bits per heavy atom. The van der Waals surface area contributed by atoms with E-state index in [1.54, 1.807) is 19.9 Å². The Labute approximate surface area is 108 Å². The van der Waals surface area contributed by atoms with E-state index in [1.165, 1.54) is 0 Å². The summed E-state index contributed by atoms with van der Waals surface area (Å²) in [5, 5.41) is 2.74. The molecule has 18 heavy (non-hydrogen) atoms. The number of amides is 1. The Bertz CT molecular complexity index is 442. The molecule has 0 saturated heterocycles. The van der Waals surface area contributed by atoms with Crippen LogP contribution in [0, 0.1) is 5.92 Å². The number of nitrogens with one attached hydrogen (secondary N) is 2. The molecule has 0 aromatic heterocycles. The van der Waals surface area contributed by atoms with Crippen molar-refractivity contribution in [2.75, 3.05) is 12.8 Å². The van der Waals surface area contributed by atoms with E-state index in [2.05, 4.69) is 10.0 Å². The molecule has 0 aromatic carbocycles. The minimum Gasteiger partial charge on any atom is -0.354 e. The molecule has 0 radical (unpaired) electrons. The molecule has 6 nitrogen and oxygen atoms in total. The summed E-state index contributed by atoms with van der Waals surface area (Å²) in [7, 11) is -3.29. The van der Waals surface area contributed by atoms with Crippen LogP contribution in [0.4, 0.5) is 0 Å². The van der Waals surface area contributed by atoms with Crippen molar-refractivity contribution in [1.29, 1.82) is 0 Å². The van der Waals surface area contributed by atoms with Crippen LogP contribution in [0.1, 0.15) is 20.3 Å². The fourth-order valence-electron chi connectivity index (χ4n) is 1.90. The van der Waals surface area contributed by atoms with Gasteiger partial charge in [-0.1, -0.05) is 12.2 Å². The Hall–Kier alpha value is -0.920. The first-order valence-electron chi connectivity index (χ1n) is 5.80. The standard InChI is InChI=1S/C11H21N3O3S/c1-11(2,14-18(3,16)17)7-13-10(15)8-4-5-9(12)6-8/h4-5,8-9,14H,6-7,12H2,1-3H3,(H,13,15). The SMILES string of the molecule is CC(C)(CNC(=O)C1C=CC(N)C1)NS(C)(=O)=O. The first-order valence-corrected chi connectivity index (χ1v) is 7.69. The Morgan fingerprint density at radius 3 is 2.50 bits per heavy atom. The molecular formula is C11H21N3O3S. The number of sulfonamides is 1. The van der Waals surface area contributed by atoms with Crippen LogP contribution < -0.4 is 15.8 Å². The van der Waals surface area contributed by atoms with E-state index in [0.29, 0.717) is 6.42 Å². The lowest BCUT2D eigenvalue weighted by Gasteiger charge is -2.26. The van der Waals surface area contributed by atoms with Crippen LogP contribution >= 0.6 is 0 Å². The molecule has 0 spiro atoms. The van der Waals surface area contributed by atoms with Crippen LogP contribution in [0.5, 0.6) is 0 Å². The Kier molecular flexibility index (Phi) is 4.52. The third kappa shape index (κ3) is 5.16. The van der Waals surface area contributed by atoms with Gasteiger partial charge in [-0.2, -0.15) is 0 Å². The molecular weight excluding hydrogens is 254 g/mol. The number of nitrogens with two attached hydrogens (primary N) is 1. The number of hydrogen-bond donors (Lipinski definition) is 3. The second kappa shape index (κ2) is 5.38. The van der Waals surface area contributed by atoms with Crippen molar-refractivity contribution in [3.8, 4) is 0 Å². The van der Waals surface area contributed by atoms with Crippen molar-refractivity contribution >= 4 is 15.9 Å². The molecule has 0 aromatic rings. The highest BCUT2D eigenvalue weighted by molar-refractivity contribution is 7.88. The van der Waals surface area contributed by atoms with Crippen molar-refractivity contribution in [3.05, 3.63) is 12.2 Å². The highest BCUT2D eigenvalue weighted by atomic mass is 32.2. The number of hydrogen-bond acceptors (Lipinski definition) is 4. The lowest BCUT2D eigenvalue weighted by atomic mass is 10.0. The zero-order valence-corrected chi connectivity index (χ0v) is 11.8. The van der Waals surface area contributed by atoms with E-state index in [-0.39, 0.29) is 24.4 Å². The molecule has 1 rings (SSSR count). The molecule has 104 valence electrons. The van der Waals surface area contributed by atoms with E-state index >= 15 is 0 Å². The van der Waals surface area contributed by atoms with Gasteiger partial charge in [0.05, 0.1) is 12.2 Å². The second-order valence-electron chi connectivity index (χ2n) is 5.37. The first-order chi connectivity index (χ1) is 8.09. The molecule has 1 aliphatic carbocycles. The molecule has 0 heterocycles. The summed E-state index contributed by atoms with van der Waals surface area (Å²) in [4.78, 5) is 11.8. The van der Waals surface area contributed by atoms with Gasteiger partial charge in [0.15, 0.2) is 0 Å². The monoisotopic (exact) mass is 275 g/mol. The van der Waals surface area contributed by atoms with Gasteiger partial charge in [0.25, 0.3) is 0 Å². The van der Waals surface area contributed by atoms with Gasteiger partial charge in [0.2, 0.25) is 15.9 Å². The summed E-state index contributed by atoms with van der Waals surface area (Å²) in [6, 6.07) is -0.0668. The predicted molar refractivity (Wildman–Crippen MR) is 70.3 cm³/mol. The van der Waals surface area contributed by atoms with E-state index < -0.39 is 15.6 Å². The van der Waals surface area contributed by atoms with E-state index in [4.69, 9.17) is 5.73 Å². The number of carbonyl (C=O) groups is 1.